The highest BCUT2D eigenvalue weighted by atomic mass is 127. The van der Waals surface area contributed by atoms with Crippen molar-refractivity contribution in [3.8, 4) is 0 Å². The molecule has 0 aliphatic heterocycles. The molecule has 0 spiro atoms. The van der Waals surface area contributed by atoms with Gasteiger partial charge in [-0.15, -0.1) is 24.0 Å². The summed E-state index contributed by atoms with van der Waals surface area (Å²) in [5.41, 5.74) is 1.76. The summed E-state index contributed by atoms with van der Waals surface area (Å²) >= 11 is 0. The summed E-state index contributed by atoms with van der Waals surface area (Å²) in [6.07, 6.45) is 2.40. The molecule has 2 N–H and O–H groups in total. The van der Waals surface area contributed by atoms with Gasteiger partial charge in [0.2, 0.25) is 0 Å². The van der Waals surface area contributed by atoms with E-state index in [0.717, 1.165) is 17.2 Å². The van der Waals surface area contributed by atoms with E-state index in [9.17, 15) is 4.79 Å². The monoisotopic (exact) mass is 376 g/mol. The molecule has 106 valence electrons. The van der Waals surface area contributed by atoms with Crippen molar-refractivity contribution >= 4 is 29.9 Å². The Bertz CT molecular complexity index is 520. The van der Waals surface area contributed by atoms with Crippen LogP contribution in [0.3, 0.4) is 0 Å². The van der Waals surface area contributed by atoms with Gasteiger partial charge in [-0.1, -0.05) is 6.07 Å². The van der Waals surface area contributed by atoms with Gasteiger partial charge in [-0.25, -0.2) is 0 Å². The van der Waals surface area contributed by atoms with Crippen molar-refractivity contribution in [3.63, 3.8) is 0 Å². The molecule has 19 heavy (non-hydrogen) atoms. The zero-order chi connectivity index (χ0) is 13.1. The number of hydrogen-bond donors (Lipinski definition) is 2. The molecule has 0 unspecified atom stereocenters. The van der Waals surface area contributed by atoms with Gasteiger partial charge >= 0.3 is 0 Å². The fraction of sp³-hybridized carbons (Fsp3) is 0.538. The molecule has 5 nitrogen and oxygen atoms in total. The maximum atomic E-state index is 12.0. The first-order chi connectivity index (χ1) is 8.61. The fourth-order valence-corrected chi connectivity index (χ4v) is 1.71. The number of aromatic nitrogens is 1. The van der Waals surface area contributed by atoms with Crippen molar-refractivity contribution in [2.24, 2.45) is 12.0 Å². The molecule has 1 aliphatic rings. The maximum absolute atomic E-state index is 12.0. The van der Waals surface area contributed by atoms with E-state index in [1.54, 1.807) is 18.7 Å². The van der Waals surface area contributed by atoms with Gasteiger partial charge in [-0.2, -0.15) is 0 Å². The van der Waals surface area contributed by atoms with Crippen LogP contribution < -0.4 is 16.2 Å². The third-order valence-corrected chi connectivity index (χ3v) is 3.22. The van der Waals surface area contributed by atoms with Crippen molar-refractivity contribution in [1.82, 2.24) is 15.2 Å². The number of nitrogens with one attached hydrogen (secondary N) is 2. The summed E-state index contributed by atoms with van der Waals surface area (Å²) in [6.45, 7) is 2.42. The van der Waals surface area contributed by atoms with Crippen LogP contribution in [-0.2, 0) is 13.6 Å². The van der Waals surface area contributed by atoms with E-state index in [2.05, 4.69) is 15.6 Å². The summed E-state index contributed by atoms with van der Waals surface area (Å²) in [5.74, 6) is 0.764. The Hall–Kier alpha value is -1.05. The molecular weight excluding hydrogens is 355 g/mol. The van der Waals surface area contributed by atoms with Gasteiger partial charge in [-0.3, -0.25) is 9.79 Å². The Morgan fingerprint density at radius 3 is 2.74 bits per heavy atom. The number of halogens is 1. The van der Waals surface area contributed by atoms with Gasteiger partial charge in [0.25, 0.3) is 5.56 Å². The molecule has 0 bridgehead atoms. The second-order valence-electron chi connectivity index (χ2n) is 4.71. The number of guanidine groups is 1. The lowest BCUT2D eigenvalue weighted by Crippen LogP contribution is -2.39. The summed E-state index contributed by atoms with van der Waals surface area (Å²) in [7, 11) is 3.53. The molecule has 0 atom stereocenters. The van der Waals surface area contributed by atoms with E-state index in [1.165, 1.54) is 12.8 Å². The first-order valence-electron chi connectivity index (χ1n) is 6.24. The van der Waals surface area contributed by atoms with Gasteiger partial charge in [-0.05, 0) is 25.8 Å². The van der Waals surface area contributed by atoms with Crippen molar-refractivity contribution < 1.29 is 0 Å². The highest BCUT2D eigenvalue weighted by Crippen LogP contribution is 2.18. The quantitative estimate of drug-likeness (QED) is 0.473. The molecule has 0 amide bonds. The Kier molecular flexibility index (Phi) is 5.84. The van der Waals surface area contributed by atoms with E-state index in [4.69, 9.17) is 0 Å². The SMILES string of the molecule is CN=C(NCc1ccc(C)n(C)c1=O)NC1CC1.I. The lowest BCUT2D eigenvalue weighted by atomic mass is 10.2. The average Bonchev–Trinajstić information content (AvgIpc) is 3.17. The fourth-order valence-electron chi connectivity index (χ4n) is 1.71. The van der Waals surface area contributed by atoms with E-state index < -0.39 is 0 Å². The first kappa shape index (κ1) is 16.0. The number of hydrogen-bond acceptors (Lipinski definition) is 2. The van der Waals surface area contributed by atoms with Crippen LogP contribution in [0.1, 0.15) is 24.1 Å². The van der Waals surface area contributed by atoms with E-state index in [1.807, 2.05) is 19.1 Å². The van der Waals surface area contributed by atoms with Crippen LogP contribution in [0, 0.1) is 6.92 Å². The number of aryl methyl sites for hydroxylation is 1. The number of nitrogens with zero attached hydrogens (tertiary/aromatic N) is 2. The molecule has 0 radical (unpaired) electrons. The number of pyridine rings is 1. The summed E-state index contributed by atoms with van der Waals surface area (Å²) in [6, 6.07) is 4.38. The average molecular weight is 376 g/mol. The van der Waals surface area contributed by atoms with Crippen molar-refractivity contribution in [2.75, 3.05) is 7.05 Å². The van der Waals surface area contributed by atoms with Crippen molar-refractivity contribution in [2.45, 2.75) is 32.4 Å². The van der Waals surface area contributed by atoms with Gasteiger partial charge in [0.15, 0.2) is 5.96 Å². The Balaban J connectivity index is 0.00000180. The normalized spacial score (nSPS) is 14.8. The largest absolute Gasteiger partial charge is 0.354 e. The zero-order valence-electron chi connectivity index (χ0n) is 11.6. The summed E-state index contributed by atoms with van der Waals surface area (Å²) in [5, 5.41) is 6.46. The Labute approximate surface area is 130 Å². The molecule has 6 heteroatoms. The number of aliphatic imine (C=N–C) groups is 1. The second-order valence-corrected chi connectivity index (χ2v) is 4.71. The van der Waals surface area contributed by atoms with E-state index in [-0.39, 0.29) is 29.5 Å². The van der Waals surface area contributed by atoms with Crippen LogP contribution >= 0.6 is 24.0 Å². The van der Waals surface area contributed by atoms with Crippen molar-refractivity contribution in [3.05, 3.63) is 33.7 Å². The number of rotatable bonds is 3. The van der Waals surface area contributed by atoms with Crippen molar-refractivity contribution in [1.29, 1.82) is 0 Å². The second kappa shape index (κ2) is 6.93. The lowest BCUT2D eigenvalue weighted by molar-refractivity contribution is 0.760. The summed E-state index contributed by atoms with van der Waals surface area (Å²) in [4.78, 5) is 16.1. The molecule has 1 aromatic rings. The molecule has 2 rings (SSSR count). The van der Waals surface area contributed by atoms with Crippen LogP contribution in [0.4, 0.5) is 0 Å². The molecule has 0 saturated heterocycles. The minimum Gasteiger partial charge on any atom is -0.354 e. The van der Waals surface area contributed by atoms with Gasteiger partial charge in [0.1, 0.15) is 0 Å². The molecule has 0 aromatic carbocycles. The molecular formula is C13H21IN4O. The van der Waals surface area contributed by atoms with Crippen LogP contribution in [-0.4, -0.2) is 23.6 Å². The minimum atomic E-state index is 0. The summed E-state index contributed by atoms with van der Waals surface area (Å²) < 4.78 is 1.66. The smallest absolute Gasteiger partial charge is 0.255 e. The molecule has 1 fully saturated rings. The first-order valence-corrected chi connectivity index (χ1v) is 6.24. The Morgan fingerprint density at radius 1 is 1.47 bits per heavy atom. The highest BCUT2D eigenvalue weighted by Gasteiger charge is 2.22. The van der Waals surface area contributed by atoms with Crippen LogP contribution in [0.15, 0.2) is 21.9 Å². The predicted molar refractivity (Wildman–Crippen MR) is 88.2 cm³/mol. The molecule has 1 saturated carbocycles. The molecule has 1 aromatic heterocycles. The molecule has 1 aliphatic carbocycles. The standard InChI is InChI=1S/C13H20N4O.HI/c1-9-4-5-10(12(18)17(9)3)8-15-13(14-2)16-11-6-7-11;/h4-5,11H,6-8H2,1-3H3,(H2,14,15,16);1H. The lowest BCUT2D eigenvalue weighted by Gasteiger charge is -2.12. The predicted octanol–water partition coefficient (Wildman–Crippen LogP) is 1.14. The van der Waals surface area contributed by atoms with E-state index >= 15 is 0 Å². The highest BCUT2D eigenvalue weighted by molar-refractivity contribution is 14.0. The van der Waals surface area contributed by atoms with Gasteiger partial charge in [0, 0.05) is 37.9 Å². The van der Waals surface area contributed by atoms with Crippen LogP contribution in [0.5, 0.6) is 0 Å². The third kappa shape index (κ3) is 4.22. The topological polar surface area (TPSA) is 58.4 Å². The van der Waals surface area contributed by atoms with Gasteiger partial charge < -0.3 is 15.2 Å². The van der Waals surface area contributed by atoms with Crippen LogP contribution in [0.25, 0.3) is 0 Å². The third-order valence-electron chi connectivity index (χ3n) is 3.22. The van der Waals surface area contributed by atoms with Crippen LogP contribution in [0.2, 0.25) is 0 Å². The van der Waals surface area contributed by atoms with E-state index in [0.29, 0.717) is 12.6 Å². The van der Waals surface area contributed by atoms with Gasteiger partial charge in [0.05, 0.1) is 0 Å². The Morgan fingerprint density at radius 2 is 2.16 bits per heavy atom. The zero-order valence-corrected chi connectivity index (χ0v) is 13.9. The maximum Gasteiger partial charge on any atom is 0.255 e. The molecule has 1 heterocycles. The minimum absolute atomic E-state index is 0.